The Hall–Kier alpha value is -2.89. The Kier molecular flexibility index (Phi) is 4.20. The number of ether oxygens (including phenoxy) is 1. The predicted octanol–water partition coefficient (Wildman–Crippen LogP) is 3.62. The van der Waals surface area contributed by atoms with Gasteiger partial charge < -0.3 is 10.1 Å². The Morgan fingerprint density at radius 3 is 2.62 bits per heavy atom. The van der Waals surface area contributed by atoms with Crippen molar-refractivity contribution in [2.45, 2.75) is 27.7 Å². The molecule has 1 aromatic carbocycles. The molecular weight excluding hydrogens is 302 g/mol. The van der Waals surface area contributed by atoms with Crippen molar-refractivity contribution >= 4 is 17.7 Å². The van der Waals surface area contributed by atoms with E-state index in [1.165, 1.54) is 0 Å². The number of nitrogens with one attached hydrogen (secondary N) is 1. The van der Waals surface area contributed by atoms with Crippen LogP contribution in [0.2, 0.25) is 0 Å². The van der Waals surface area contributed by atoms with Crippen LogP contribution in [0, 0.1) is 13.8 Å². The first kappa shape index (κ1) is 16.0. The Labute approximate surface area is 141 Å². The normalized spacial score (nSPS) is 14.0. The minimum Gasteiger partial charge on any atom is -0.431 e. The van der Waals surface area contributed by atoms with Gasteiger partial charge in [-0.15, -0.1) is 5.10 Å². The Morgan fingerprint density at radius 2 is 1.96 bits per heavy atom. The first-order valence-corrected chi connectivity index (χ1v) is 7.83. The van der Waals surface area contributed by atoms with Crippen LogP contribution in [0.25, 0.3) is 0 Å². The van der Waals surface area contributed by atoms with E-state index >= 15 is 0 Å². The van der Waals surface area contributed by atoms with E-state index in [1.807, 2.05) is 59.0 Å². The van der Waals surface area contributed by atoms with Crippen LogP contribution in [0.3, 0.4) is 0 Å². The second-order valence-electron chi connectivity index (χ2n) is 5.78. The Bertz CT molecular complexity index is 821. The van der Waals surface area contributed by atoms with Gasteiger partial charge in [0.1, 0.15) is 0 Å². The number of anilines is 2. The number of nitrogens with zero attached hydrogens (tertiary/aromatic N) is 4. The van der Waals surface area contributed by atoms with E-state index in [9.17, 15) is 0 Å². The van der Waals surface area contributed by atoms with Gasteiger partial charge in [0.25, 0.3) is 0 Å². The van der Waals surface area contributed by atoms with Gasteiger partial charge in [0.05, 0.1) is 6.20 Å². The summed E-state index contributed by atoms with van der Waals surface area (Å²) >= 11 is 0. The van der Waals surface area contributed by atoms with Crippen LogP contribution >= 0.6 is 0 Å². The van der Waals surface area contributed by atoms with Gasteiger partial charge in [-0.25, -0.2) is 9.99 Å². The lowest BCUT2D eigenvalue weighted by atomic mass is 10.0. The van der Waals surface area contributed by atoms with Crippen molar-refractivity contribution in [1.82, 2.24) is 9.97 Å². The molecule has 0 bridgehead atoms. The SMILES string of the molecule is C/C=C(\C)Nc1ncc2c(n1)N(C)N=C(c1c(C)cccc1C)O2. The van der Waals surface area contributed by atoms with Gasteiger partial charge in [-0.1, -0.05) is 24.3 Å². The second-order valence-corrected chi connectivity index (χ2v) is 5.78. The van der Waals surface area contributed by atoms with Gasteiger partial charge in [-0.05, 0) is 38.8 Å². The second kappa shape index (κ2) is 6.31. The molecular formula is C18H21N5O. The predicted molar refractivity (Wildman–Crippen MR) is 96.6 cm³/mol. The molecule has 6 nitrogen and oxygen atoms in total. The van der Waals surface area contributed by atoms with Crippen molar-refractivity contribution in [2.75, 3.05) is 17.4 Å². The summed E-state index contributed by atoms with van der Waals surface area (Å²) in [6, 6.07) is 6.13. The smallest absolute Gasteiger partial charge is 0.244 e. The monoisotopic (exact) mass is 323 g/mol. The molecule has 0 radical (unpaired) electrons. The molecule has 0 saturated heterocycles. The molecule has 0 saturated carbocycles. The van der Waals surface area contributed by atoms with E-state index in [4.69, 9.17) is 4.74 Å². The van der Waals surface area contributed by atoms with Crippen LogP contribution in [-0.2, 0) is 0 Å². The van der Waals surface area contributed by atoms with Crippen LogP contribution in [0.15, 0.2) is 41.3 Å². The zero-order chi connectivity index (χ0) is 17.3. The first-order valence-electron chi connectivity index (χ1n) is 7.83. The summed E-state index contributed by atoms with van der Waals surface area (Å²) in [7, 11) is 1.86. The molecule has 0 amide bonds. The van der Waals surface area contributed by atoms with Crippen molar-refractivity contribution in [3.8, 4) is 5.75 Å². The van der Waals surface area contributed by atoms with Crippen molar-refractivity contribution in [3.63, 3.8) is 0 Å². The standard InChI is InChI=1S/C18H21N5O/c1-6-13(4)20-18-19-10-14-16(21-18)23(5)22-17(24-14)15-11(2)8-7-9-12(15)3/h6-10H,1-5H3,(H,19,20,21)/b13-6+. The number of rotatable bonds is 3. The molecule has 2 aromatic rings. The maximum Gasteiger partial charge on any atom is 0.244 e. The third kappa shape index (κ3) is 2.95. The molecule has 24 heavy (non-hydrogen) atoms. The Balaban J connectivity index is 1.96. The highest BCUT2D eigenvalue weighted by atomic mass is 16.5. The summed E-state index contributed by atoms with van der Waals surface area (Å²) in [6.45, 7) is 8.01. The summed E-state index contributed by atoms with van der Waals surface area (Å²) in [4.78, 5) is 8.80. The van der Waals surface area contributed by atoms with Crippen LogP contribution < -0.4 is 15.1 Å². The van der Waals surface area contributed by atoms with Gasteiger partial charge in [-0.2, -0.15) is 4.98 Å². The van der Waals surface area contributed by atoms with Gasteiger partial charge in [0.2, 0.25) is 11.8 Å². The van der Waals surface area contributed by atoms with Crippen LogP contribution in [-0.4, -0.2) is 22.9 Å². The Morgan fingerprint density at radius 1 is 1.25 bits per heavy atom. The van der Waals surface area contributed by atoms with Gasteiger partial charge in [0.15, 0.2) is 11.6 Å². The minimum atomic E-state index is 0.519. The number of fused-ring (bicyclic) bond motifs is 1. The van der Waals surface area contributed by atoms with Gasteiger partial charge in [-0.3, -0.25) is 0 Å². The number of hydrazone groups is 1. The van der Waals surface area contributed by atoms with E-state index in [1.54, 1.807) is 11.2 Å². The highest BCUT2D eigenvalue weighted by Gasteiger charge is 2.24. The quantitative estimate of drug-likeness (QED) is 0.934. The molecule has 0 atom stereocenters. The number of aromatic nitrogens is 2. The van der Waals surface area contributed by atoms with Crippen LogP contribution in [0.1, 0.15) is 30.5 Å². The number of hydrogen-bond donors (Lipinski definition) is 1. The number of benzene rings is 1. The zero-order valence-electron chi connectivity index (χ0n) is 14.6. The fourth-order valence-electron chi connectivity index (χ4n) is 2.54. The molecule has 0 unspecified atom stereocenters. The van der Waals surface area contributed by atoms with Crippen molar-refractivity contribution < 1.29 is 4.74 Å². The number of hydrogen-bond acceptors (Lipinski definition) is 6. The fourth-order valence-corrected chi connectivity index (χ4v) is 2.54. The maximum absolute atomic E-state index is 5.98. The lowest BCUT2D eigenvalue weighted by Crippen LogP contribution is -2.27. The summed E-state index contributed by atoms with van der Waals surface area (Å²) in [5.74, 6) is 2.31. The number of allylic oxidation sites excluding steroid dienone is 2. The molecule has 3 rings (SSSR count). The lowest BCUT2D eigenvalue weighted by molar-refractivity contribution is 0.524. The molecule has 0 fully saturated rings. The van der Waals surface area contributed by atoms with Gasteiger partial charge in [0, 0.05) is 18.3 Å². The highest BCUT2D eigenvalue weighted by molar-refractivity contribution is 6.00. The largest absolute Gasteiger partial charge is 0.431 e. The summed E-state index contributed by atoms with van der Waals surface area (Å²) in [5.41, 5.74) is 4.22. The molecule has 1 aromatic heterocycles. The summed E-state index contributed by atoms with van der Waals surface area (Å²) in [6.07, 6.45) is 3.63. The molecule has 1 aliphatic heterocycles. The summed E-state index contributed by atoms with van der Waals surface area (Å²) in [5, 5.41) is 9.40. The average Bonchev–Trinajstić information content (AvgIpc) is 2.55. The molecule has 0 aliphatic carbocycles. The molecule has 2 heterocycles. The van der Waals surface area contributed by atoms with Crippen LogP contribution in [0.4, 0.5) is 11.8 Å². The summed E-state index contributed by atoms with van der Waals surface area (Å²) < 4.78 is 5.98. The van der Waals surface area contributed by atoms with E-state index < -0.39 is 0 Å². The first-order chi connectivity index (χ1) is 11.5. The molecule has 1 N–H and O–H groups in total. The molecule has 0 spiro atoms. The van der Waals surface area contributed by atoms with Crippen LogP contribution in [0.5, 0.6) is 5.75 Å². The number of aryl methyl sites for hydroxylation is 2. The maximum atomic E-state index is 5.98. The van der Waals surface area contributed by atoms with E-state index in [0.29, 0.717) is 23.4 Å². The van der Waals surface area contributed by atoms with Crippen molar-refractivity contribution in [3.05, 3.63) is 52.9 Å². The topological polar surface area (TPSA) is 62.6 Å². The lowest BCUT2D eigenvalue weighted by Gasteiger charge is -2.24. The average molecular weight is 323 g/mol. The van der Waals surface area contributed by atoms with Gasteiger partial charge >= 0.3 is 0 Å². The van der Waals surface area contributed by atoms with Crippen molar-refractivity contribution in [2.24, 2.45) is 5.10 Å². The van der Waals surface area contributed by atoms with E-state index in [0.717, 1.165) is 22.4 Å². The zero-order valence-corrected chi connectivity index (χ0v) is 14.6. The fraction of sp³-hybridized carbons (Fsp3) is 0.278. The third-order valence-electron chi connectivity index (χ3n) is 3.93. The molecule has 6 heteroatoms. The molecule has 124 valence electrons. The van der Waals surface area contributed by atoms with E-state index in [2.05, 4.69) is 20.4 Å². The molecule has 1 aliphatic rings. The van der Waals surface area contributed by atoms with E-state index in [-0.39, 0.29) is 0 Å². The highest BCUT2D eigenvalue weighted by Crippen LogP contribution is 2.31. The third-order valence-corrected chi connectivity index (χ3v) is 3.93. The minimum absolute atomic E-state index is 0.519. The van der Waals surface area contributed by atoms with Crippen molar-refractivity contribution in [1.29, 1.82) is 0 Å².